The summed E-state index contributed by atoms with van der Waals surface area (Å²) in [6.45, 7) is 5.01. The van der Waals surface area contributed by atoms with Gasteiger partial charge in [-0.05, 0) is 33.0 Å². The van der Waals surface area contributed by atoms with Gasteiger partial charge in [0.2, 0.25) is 5.91 Å². The number of amides is 1. The number of carbonyl (C=O) groups excluding carboxylic acids is 1. The number of allylic oxidation sites excluding steroid dienone is 1. The van der Waals surface area contributed by atoms with E-state index in [2.05, 4.69) is 5.32 Å². The first-order valence-corrected chi connectivity index (χ1v) is 3.65. The van der Waals surface area contributed by atoms with E-state index in [4.69, 9.17) is 11.1 Å². The molecule has 0 aliphatic rings. The van der Waals surface area contributed by atoms with E-state index in [-0.39, 0.29) is 0 Å². The molecular weight excluding hydrogens is 154 g/mol. The van der Waals surface area contributed by atoms with Crippen LogP contribution in [0.4, 0.5) is 0 Å². The summed E-state index contributed by atoms with van der Waals surface area (Å²) in [4.78, 5) is 10.8. The van der Waals surface area contributed by atoms with Crippen molar-refractivity contribution in [1.29, 1.82) is 5.41 Å². The summed E-state index contributed by atoms with van der Waals surface area (Å²) in [7, 11) is 0. The number of hydrogen-bond donors (Lipinski definition) is 3. The third-order valence-electron chi connectivity index (χ3n) is 1.39. The second kappa shape index (κ2) is 3.90. The molecule has 0 heterocycles. The lowest BCUT2D eigenvalue weighted by Crippen LogP contribution is -2.48. The minimum Gasteiger partial charge on any atom is -0.378 e. The number of rotatable bonds is 4. The molecule has 0 rings (SSSR count). The fourth-order valence-electron chi connectivity index (χ4n) is 0.446. The van der Waals surface area contributed by atoms with Crippen molar-refractivity contribution in [3.8, 4) is 0 Å². The Hall–Kier alpha value is -1.32. The van der Waals surface area contributed by atoms with E-state index < -0.39 is 11.4 Å². The minimum atomic E-state index is -0.758. The van der Waals surface area contributed by atoms with Gasteiger partial charge in [0, 0.05) is 5.71 Å². The van der Waals surface area contributed by atoms with Crippen molar-refractivity contribution in [2.24, 2.45) is 5.73 Å². The normalized spacial score (nSPS) is 11.6. The first-order chi connectivity index (χ1) is 5.36. The summed E-state index contributed by atoms with van der Waals surface area (Å²) in [5.41, 5.74) is 4.76. The SMILES string of the molecule is CC(=N)/C=C\NC(C)(C)C(N)=O. The molecule has 0 aliphatic heterocycles. The first kappa shape index (κ1) is 10.7. The van der Waals surface area contributed by atoms with Crippen LogP contribution >= 0.6 is 0 Å². The Morgan fingerprint density at radius 1 is 1.58 bits per heavy atom. The smallest absolute Gasteiger partial charge is 0.242 e. The van der Waals surface area contributed by atoms with Crippen molar-refractivity contribution < 1.29 is 4.79 Å². The Labute approximate surface area is 72.3 Å². The highest BCUT2D eigenvalue weighted by atomic mass is 16.1. The maximum Gasteiger partial charge on any atom is 0.242 e. The molecule has 0 saturated carbocycles. The van der Waals surface area contributed by atoms with Crippen molar-refractivity contribution in [2.45, 2.75) is 26.3 Å². The number of nitrogens with two attached hydrogens (primary N) is 1. The molecule has 0 aliphatic carbocycles. The van der Waals surface area contributed by atoms with E-state index in [0.717, 1.165) is 0 Å². The standard InChI is InChI=1S/C8H15N3O/c1-6(9)4-5-11-8(2,3)7(10)12/h4-5,9,11H,1-3H3,(H2,10,12)/b5-4-,9-6?. The summed E-state index contributed by atoms with van der Waals surface area (Å²) in [5, 5.41) is 9.86. The number of hydrogen-bond acceptors (Lipinski definition) is 3. The van der Waals surface area contributed by atoms with Crippen molar-refractivity contribution in [2.75, 3.05) is 0 Å². The topological polar surface area (TPSA) is 79.0 Å². The molecule has 12 heavy (non-hydrogen) atoms. The number of carbonyl (C=O) groups is 1. The summed E-state index contributed by atoms with van der Waals surface area (Å²) in [6.07, 6.45) is 3.11. The van der Waals surface area contributed by atoms with Gasteiger partial charge in [0.15, 0.2) is 0 Å². The predicted molar refractivity (Wildman–Crippen MR) is 48.9 cm³/mol. The Bertz CT molecular complexity index is 218. The highest BCUT2D eigenvalue weighted by molar-refractivity contribution is 5.90. The zero-order valence-corrected chi connectivity index (χ0v) is 7.64. The maximum absolute atomic E-state index is 10.8. The average molecular weight is 169 g/mol. The zero-order chi connectivity index (χ0) is 9.78. The van der Waals surface area contributed by atoms with Gasteiger partial charge in [0.25, 0.3) is 0 Å². The van der Waals surface area contributed by atoms with Crippen molar-refractivity contribution >= 4 is 11.6 Å². The fourth-order valence-corrected chi connectivity index (χ4v) is 0.446. The van der Waals surface area contributed by atoms with Crippen LogP contribution in [-0.4, -0.2) is 17.2 Å². The highest BCUT2D eigenvalue weighted by Gasteiger charge is 2.21. The van der Waals surface area contributed by atoms with Crippen LogP contribution in [0, 0.1) is 5.41 Å². The Morgan fingerprint density at radius 2 is 2.08 bits per heavy atom. The third kappa shape index (κ3) is 3.75. The molecule has 68 valence electrons. The maximum atomic E-state index is 10.8. The molecule has 0 fully saturated rings. The highest BCUT2D eigenvalue weighted by Crippen LogP contribution is 1.99. The van der Waals surface area contributed by atoms with Gasteiger partial charge in [-0.1, -0.05) is 0 Å². The summed E-state index contributed by atoms with van der Waals surface area (Å²) < 4.78 is 0. The van der Waals surface area contributed by atoms with Gasteiger partial charge in [0.05, 0.1) is 0 Å². The molecule has 0 radical (unpaired) electrons. The minimum absolute atomic E-state index is 0.419. The molecule has 0 aromatic carbocycles. The molecule has 4 N–H and O–H groups in total. The molecule has 0 aromatic heterocycles. The second-order valence-electron chi connectivity index (χ2n) is 3.15. The second-order valence-corrected chi connectivity index (χ2v) is 3.15. The zero-order valence-electron chi connectivity index (χ0n) is 7.64. The molecule has 0 unspecified atom stereocenters. The molecule has 4 heteroatoms. The lowest BCUT2D eigenvalue weighted by atomic mass is 10.1. The quantitative estimate of drug-likeness (QED) is 0.532. The Kier molecular flexibility index (Phi) is 3.47. The van der Waals surface area contributed by atoms with Crippen LogP contribution in [0.15, 0.2) is 12.3 Å². The summed E-state index contributed by atoms with van der Waals surface area (Å²) in [6, 6.07) is 0. The van der Waals surface area contributed by atoms with Crippen molar-refractivity contribution in [1.82, 2.24) is 5.32 Å². The van der Waals surface area contributed by atoms with Gasteiger partial charge in [-0.3, -0.25) is 4.79 Å². The summed E-state index contributed by atoms with van der Waals surface area (Å²) in [5.74, 6) is -0.421. The largest absolute Gasteiger partial charge is 0.378 e. The van der Waals surface area contributed by atoms with Crippen molar-refractivity contribution in [3.05, 3.63) is 12.3 Å². The van der Waals surface area contributed by atoms with Crippen LogP contribution in [-0.2, 0) is 4.79 Å². The van der Waals surface area contributed by atoms with Crippen LogP contribution in [0.2, 0.25) is 0 Å². The Morgan fingerprint density at radius 3 is 2.42 bits per heavy atom. The van der Waals surface area contributed by atoms with E-state index in [0.29, 0.717) is 5.71 Å². The van der Waals surface area contributed by atoms with E-state index in [1.165, 1.54) is 0 Å². The van der Waals surface area contributed by atoms with Crippen LogP contribution in [0.25, 0.3) is 0 Å². The van der Waals surface area contributed by atoms with Crippen LogP contribution < -0.4 is 11.1 Å². The van der Waals surface area contributed by atoms with E-state index in [1.807, 2.05) is 0 Å². The van der Waals surface area contributed by atoms with Crippen molar-refractivity contribution in [3.63, 3.8) is 0 Å². The molecule has 0 bridgehead atoms. The molecule has 0 atom stereocenters. The molecule has 1 amide bonds. The van der Waals surface area contributed by atoms with Gasteiger partial charge in [-0.2, -0.15) is 0 Å². The summed E-state index contributed by atoms with van der Waals surface area (Å²) >= 11 is 0. The fraction of sp³-hybridized carbons (Fsp3) is 0.500. The molecular formula is C8H15N3O. The molecule has 0 saturated heterocycles. The van der Waals surface area contributed by atoms with E-state index in [9.17, 15) is 4.79 Å². The average Bonchev–Trinajstić information content (AvgIpc) is 1.85. The van der Waals surface area contributed by atoms with Gasteiger partial charge < -0.3 is 16.5 Å². The van der Waals surface area contributed by atoms with Gasteiger partial charge >= 0.3 is 0 Å². The van der Waals surface area contributed by atoms with Crippen LogP contribution in [0.3, 0.4) is 0 Å². The molecule has 0 spiro atoms. The number of nitrogens with one attached hydrogen (secondary N) is 2. The number of primary amides is 1. The predicted octanol–water partition coefficient (Wildman–Crippen LogP) is 0.393. The van der Waals surface area contributed by atoms with Crippen LogP contribution in [0.1, 0.15) is 20.8 Å². The monoisotopic (exact) mass is 169 g/mol. The first-order valence-electron chi connectivity index (χ1n) is 3.65. The van der Waals surface area contributed by atoms with Crippen LogP contribution in [0.5, 0.6) is 0 Å². The van der Waals surface area contributed by atoms with E-state index in [1.54, 1.807) is 33.0 Å². The van der Waals surface area contributed by atoms with Gasteiger partial charge in [0.1, 0.15) is 5.54 Å². The Balaban J connectivity index is 4.09. The molecule has 0 aromatic rings. The van der Waals surface area contributed by atoms with Gasteiger partial charge in [-0.25, -0.2) is 0 Å². The third-order valence-corrected chi connectivity index (χ3v) is 1.39. The van der Waals surface area contributed by atoms with E-state index >= 15 is 0 Å². The lowest BCUT2D eigenvalue weighted by Gasteiger charge is -2.20. The van der Waals surface area contributed by atoms with Gasteiger partial charge in [-0.15, -0.1) is 0 Å². The molecule has 4 nitrogen and oxygen atoms in total. The lowest BCUT2D eigenvalue weighted by molar-refractivity contribution is -0.122.